The van der Waals surface area contributed by atoms with Gasteiger partial charge in [-0.3, -0.25) is 9.48 Å². The van der Waals surface area contributed by atoms with Gasteiger partial charge in [-0.05, 0) is 31.7 Å². The Labute approximate surface area is 175 Å². The fraction of sp³-hybridized carbons (Fsp3) is 0.700. The van der Waals surface area contributed by atoms with E-state index in [1.165, 1.54) is 0 Å². The molecule has 0 bridgehead atoms. The molecule has 5 rings (SSSR count). The van der Waals surface area contributed by atoms with Crippen molar-refractivity contribution < 1.29 is 19.0 Å². The molecule has 0 aliphatic carbocycles. The SMILES string of the molecule is Cn1nccc1C(=O)N1CCC2(CC1)Cn1nnc(COCC3CCCO3)c1CO2. The van der Waals surface area contributed by atoms with Gasteiger partial charge in [-0.2, -0.15) is 5.10 Å². The number of carbonyl (C=O) groups excluding carboxylic acids is 1. The molecule has 2 aromatic rings. The topological polar surface area (TPSA) is 96.5 Å². The number of nitrogens with zero attached hydrogens (tertiary/aromatic N) is 6. The molecule has 0 radical (unpaired) electrons. The van der Waals surface area contributed by atoms with Gasteiger partial charge in [0.05, 0.1) is 43.8 Å². The number of aromatic nitrogens is 5. The minimum absolute atomic E-state index is 0.0211. The predicted octanol–water partition coefficient (Wildman–Crippen LogP) is 0.912. The first-order valence-corrected chi connectivity index (χ1v) is 10.7. The summed E-state index contributed by atoms with van der Waals surface area (Å²) in [5, 5.41) is 12.8. The van der Waals surface area contributed by atoms with Crippen LogP contribution >= 0.6 is 0 Å². The lowest BCUT2D eigenvalue weighted by atomic mass is 9.89. The minimum atomic E-state index is -0.292. The highest BCUT2D eigenvalue weighted by molar-refractivity contribution is 5.92. The van der Waals surface area contributed by atoms with E-state index in [1.54, 1.807) is 24.0 Å². The number of carbonyl (C=O) groups is 1. The van der Waals surface area contributed by atoms with Gasteiger partial charge in [0.25, 0.3) is 5.91 Å². The number of hydrogen-bond acceptors (Lipinski definition) is 7. The summed E-state index contributed by atoms with van der Waals surface area (Å²) in [5.41, 5.74) is 2.15. The van der Waals surface area contributed by atoms with Crippen LogP contribution in [0.1, 0.15) is 47.6 Å². The Morgan fingerprint density at radius 3 is 2.97 bits per heavy atom. The summed E-state index contributed by atoms with van der Waals surface area (Å²) in [6.07, 6.45) is 5.58. The number of amides is 1. The molecule has 1 amide bonds. The minimum Gasteiger partial charge on any atom is -0.376 e. The summed E-state index contributed by atoms with van der Waals surface area (Å²) in [7, 11) is 1.79. The number of piperidine rings is 1. The first-order chi connectivity index (χ1) is 14.6. The van der Waals surface area contributed by atoms with Crippen LogP contribution in [0.3, 0.4) is 0 Å². The Kier molecular flexibility index (Phi) is 5.30. The molecule has 1 atom stereocenters. The standard InChI is InChI=1S/C20H28N6O4/c1-24-17(4-7-21-24)19(27)25-8-5-20(6-9-25)14-26-18(13-30-20)16(22-23-26)12-28-11-15-3-2-10-29-15/h4,7,15H,2-3,5-6,8-14H2,1H3. The van der Waals surface area contributed by atoms with Crippen molar-refractivity contribution in [2.45, 2.75) is 57.1 Å². The summed E-state index contributed by atoms with van der Waals surface area (Å²) >= 11 is 0. The Bertz CT molecular complexity index is 895. The molecular weight excluding hydrogens is 388 g/mol. The van der Waals surface area contributed by atoms with Crippen molar-refractivity contribution in [2.24, 2.45) is 7.05 Å². The second-order valence-corrected chi connectivity index (χ2v) is 8.39. The zero-order valence-electron chi connectivity index (χ0n) is 17.3. The van der Waals surface area contributed by atoms with Gasteiger partial charge in [-0.15, -0.1) is 5.10 Å². The number of rotatable bonds is 5. The van der Waals surface area contributed by atoms with Crippen molar-refractivity contribution in [3.63, 3.8) is 0 Å². The number of ether oxygens (including phenoxy) is 3. The van der Waals surface area contributed by atoms with Gasteiger partial charge < -0.3 is 19.1 Å². The van der Waals surface area contributed by atoms with Crippen molar-refractivity contribution in [1.82, 2.24) is 29.7 Å². The number of aryl methyl sites for hydroxylation is 1. The Hall–Kier alpha value is -2.30. The third-order valence-corrected chi connectivity index (χ3v) is 6.44. The average molecular weight is 416 g/mol. The molecule has 0 aromatic carbocycles. The molecule has 162 valence electrons. The third-order valence-electron chi connectivity index (χ3n) is 6.44. The van der Waals surface area contributed by atoms with Crippen molar-refractivity contribution in [1.29, 1.82) is 0 Å². The second-order valence-electron chi connectivity index (χ2n) is 8.39. The molecule has 10 heteroatoms. The molecule has 30 heavy (non-hydrogen) atoms. The lowest BCUT2D eigenvalue weighted by molar-refractivity contribution is -0.120. The van der Waals surface area contributed by atoms with Gasteiger partial charge in [0, 0.05) is 32.9 Å². The second kappa shape index (κ2) is 8.09. The van der Waals surface area contributed by atoms with Crippen LogP contribution in [-0.2, 0) is 41.0 Å². The van der Waals surface area contributed by atoms with E-state index in [4.69, 9.17) is 14.2 Å². The summed E-state index contributed by atoms with van der Waals surface area (Å²) in [6.45, 7) is 4.31. The molecule has 10 nitrogen and oxygen atoms in total. The fourth-order valence-corrected chi connectivity index (χ4v) is 4.53. The van der Waals surface area contributed by atoms with Crippen molar-refractivity contribution in [3.8, 4) is 0 Å². The Morgan fingerprint density at radius 2 is 2.23 bits per heavy atom. The van der Waals surface area contributed by atoms with E-state index < -0.39 is 0 Å². The van der Waals surface area contributed by atoms with Crippen LogP contribution in [0.15, 0.2) is 12.3 Å². The maximum absolute atomic E-state index is 12.7. The van der Waals surface area contributed by atoms with Gasteiger partial charge in [0.15, 0.2) is 0 Å². The number of hydrogen-bond donors (Lipinski definition) is 0. The molecule has 2 fully saturated rings. The monoisotopic (exact) mass is 416 g/mol. The zero-order chi connectivity index (χ0) is 20.6. The largest absolute Gasteiger partial charge is 0.376 e. The molecule has 3 aliphatic rings. The van der Waals surface area contributed by atoms with Gasteiger partial charge in [-0.1, -0.05) is 5.21 Å². The van der Waals surface area contributed by atoms with Crippen LogP contribution in [0.5, 0.6) is 0 Å². The number of likely N-dealkylation sites (tertiary alicyclic amines) is 1. The van der Waals surface area contributed by atoms with Crippen molar-refractivity contribution in [2.75, 3.05) is 26.3 Å². The first kappa shape index (κ1) is 19.7. The van der Waals surface area contributed by atoms with E-state index in [2.05, 4.69) is 15.4 Å². The molecule has 2 aromatic heterocycles. The van der Waals surface area contributed by atoms with Crippen LogP contribution in [0.4, 0.5) is 0 Å². The van der Waals surface area contributed by atoms with Gasteiger partial charge in [0.1, 0.15) is 11.4 Å². The lowest BCUT2D eigenvalue weighted by Crippen LogP contribution is -2.52. The lowest BCUT2D eigenvalue weighted by Gasteiger charge is -2.43. The van der Waals surface area contributed by atoms with E-state index >= 15 is 0 Å². The van der Waals surface area contributed by atoms with Crippen LogP contribution in [0.25, 0.3) is 0 Å². The molecule has 2 saturated heterocycles. The highest BCUT2D eigenvalue weighted by atomic mass is 16.5. The smallest absolute Gasteiger partial charge is 0.272 e. The summed E-state index contributed by atoms with van der Waals surface area (Å²) < 4.78 is 21.3. The van der Waals surface area contributed by atoms with E-state index in [0.717, 1.165) is 43.7 Å². The van der Waals surface area contributed by atoms with Crippen LogP contribution in [-0.4, -0.2) is 73.6 Å². The summed E-state index contributed by atoms with van der Waals surface area (Å²) in [6, 6.07) is 1.76. The Morgan fingerprint density at radius 1 is 1.37 bits per heavy atom. The number of fused-ring (bicyclic) bond motifs is 1. The van der Waals surface area contributed by atoms with Crippen molar-refractivity contribution in [3.05, 3.63) is 29.3 Å². The fourth-order valence-electron chi connectivity index (χ4n) is 4.53. The van der Waals surface area contributed by atoms with Crippen LogP contribution < -0.4 is 0 Å². The molecule has 5 heterocycles. The Balaban J connectivity index is 1.17. The summed E-state index contributed by atoms with van der Waals surface area (Å²) in [5.74, 6) is 0.0211. The van der Waals surface area contributed by atoms with E-state index in [0.29, 0.717) is 45.1 Å². The van der Waals surface area contributed by atoms with E-state index in [9.17, 15) is 4.79 Å². The van der Waals surface area contributed by atoms with Crippen LogP contribution in [0, 0.1) is 0 Å². The van der Waals surface area contributed by atoms with Gasteiger partial charge >= 0.3 is 0 Å². The molecule has 3 aliphatic heterocycles. The van der Waals surface area contributed by atoms with E-state index in [1.807, 2.05) is 9.58 Å². The molecular formula is C20H28N6O4. The average Bonchev–Trinajstić information content (AvgIpc) is 3.50. The highest BCUT2D eigenvalue weighted by Gasteiger charge is 2.41. The molecule has 0 saturated carbocycles. The molecule has 1 unspecified atom stereocenters. The normalized spacial score (nSPS) is 23.1. The maximum Gasteiger partial charge on any atom is 0.272 e. The van der Waals surface area contributed by atoms with Gasteiger partial charge in [0.2, 0.25) is 0 Å². The maximum atomic E-state index is 12.7. The first-order valence-electron chi connectivity index (χ1n) is 10.7. The predicted molar refractivity (Wildman–Crippen MR) is 105 cm³/mol. The molecule has 1 spiro atoms. The quantitative estimate of drug-likeness (QED) is 0.715. The van der Waals surface area contributed by atoms with E-state index in [-0.39, 0.29) is 17.6 Å². The molecule has 0 N–H and O–H groups in total. The van der Waals surface area contributed by atoms with Crippen LogP contribution in [0.2, 0.25) is 0 Å². The zero-order valence-corrected chi connectivity index (χ0v) is 17.3. The third kappa shape index (κ3) is 3.75. The van der Waals surface area contributed by atoms with Crippen molar-refractivity contribution >= 4 is 5.91 Å². The summed E-state index contributed by atoms with van der Waals surface area (Å²) in [4.78, 5) is 14.6. The van der Waals surface area contributed by atoms with Gasteiger partial charge in [-0.25, -0.2) is 4.68 Å². The highest BCUT2D eigenvalue weighted by Crippen LogP contribution is 2.34.